The van der Waals surface area contributed by atoms with E-state index in [1.165, 1.54) is 29.3 Å². The second kappa shape index (κ2) is 7.15. The molecule has 0 aliphatic carbocycles. The fourth-order valence-electron chi connectivity index (χ4n) is 3.56. The second-order valence-corrected chi connectivity index (χ2v) is 9.75. The number of fused-ring (bicyclic) bond motifs is 1. The van der Waals surface area contributed by atoms with E-state index >= 15 is 0 Å². The number of aromatic nitrogens is 1. The largest absolute Gasteiger partial charge is 0.618 e. The number of carbonyl (C=O) groups is 1. The lowest BCUT2D eigenvalue weighted by Gasteiger charge is -2.42. The van der Waals surface area contributed by atoms with Crippen LogP contribution >= 0.6 is 23.1 Å². The Morgan fingerprint density at radius 2 is 2.19 bits per heavy atom. The normalized spacial score (nSPS) is 17.0. The number of pyridine rings is 1. The van der Waals surface area contributed by atoms with Gasteiger partial charge in [0.1, 0.15) is 11.1 Å². The van der Waals surface area contributed by atoms with Gasteiger partial charge in [-0.15, -0.1) is 11.3 Å². The van der Waals surface area contributed by atoms with Gasteiger partial charge in [0.05, 0.1) is 11.3 Å². The molecule has 0 spiro atoms. The Morgan fingerprint density at radius 1 is 1.44 bits per heavy atom. The molecule has 2 N–H and O–H groups in total. The summed E-state index contributed by atoms with van der Waals surface area (Å²) in [5.41, 5.74) is 1.16. The van der Waals surface area contributed by atoms with Crippen molar-refractivity contribution in [1.82, 2.24) is 5.32 Å². The van der Waals surface area contributed by atoms with Crippen molar-refractivity contribution in [2.75, 3.05) is 11.1 Å². The zero-order valence-electron chi connectivity index (χ0n) is 15.8. The lowest BCUT2D eigenvalue weighted by atomic mass is 9.81. The fourth-order valence-corrected chi connectivity index (χ4v) is 5.52. The van der Waals surface area contributed by atoms with Gasteiger partial charge >= 0.3 is 0 Å². The molecule has 0 atom stereocenters. The standard InChI is InChI=1S/C19H22N4O2S2/c1-18(2)9-12-13(10-20)17(27-16(12)19(3,4)22-18)21-14(24)11-26-15-7-5-6-8-23(15)25/h5-8,22H,9,11H2,1-4H3,(H,21,24). The van der Waals surface area contributed by atoms with E-state index < -0.39 is 0 Å². The molecule has 3 heterocycles. The summed E-state index contributed by atoms with van der Waals surface area (Å²) >= 11 is 2.62. The van der Waals surface area contributed by atoms with Crippen molar-refractivity contribution in [3.63, 3.8) is 0 Å². The maximum Gasteiger partial charge on any atom is 0.251 e. The van der Waals surface area contributed by atoms with E-state index in [-0.39, 0.29) is 22.7 Å². The molecule has 142 valence electrons. The number of anilines is 1. The van der Waals surface area contributed by atoms with Crippen molar-refractivity contribution in [3.05, 3.63) is 45.6 Å². The number of nitrogens with zero attached hydrogens (tertiary/aromatic N) is 2. The average molecular weight is 403 g/mol. The highest BCUT2D eigenvalue weighted by atomic mass is 32.2. The zero-order chi connectivity index (χ0) is 19.8. The highest BCUT2D eigenvalue weighted by molar-refractivity contribution is 7.99. The van der Waals surface area contributed by atoms with Gasteiger partial charge in [-0.2, -0.15) is 9.99 Å². The summed E-state index contributed by atoms with van der Waals surface area (Å²) in [5.74, 6) is -0.128. The molecule has 1 aliphatic heterocycles. The smallest absolute Gasteiger partial charge is 0.251 e. The predicted molar refractivity (Wildman–Crippen MR) is 108 cm³/mol. The Balaban J connectivity index is 1.80. The molecule has 0 aromatic carbocycles. The van der Waals surface area contributed by atoms with Crippen LogP contribution in [0.15, 0.2) is 29.4 Å². The molecule has 1 aliphatic rings. The third kappa shape index (κ3) is 4.10. The van der Waals surface area contributed by atoms with Crippen LogP contribution < -0.4 is 15.4 Å². The summed E-state index contributed by atoms with van der Waals surface area (Å²) in [6.45, 7) is 8.41. The minimum atomic E-state index is -0.275. The molecule has 1 amide bonds. The summed E-state index contributed by atoms with van der Waals surface area (Å²) in [5, 5.41) is 28.9. The van der Waals surface area contributed by atoms with E-state index in [2.05, 4.69) is 44.4 Å². The van der Waals surface area contributed by atoms with Crippen molar-refractivity contribution >= 4 is 34.0 Å². The number of amides is 1. The molecule has 27 heavy (non-hydrogen) atoms. The maximum atomic E-state index is 12.4. The Labute approximate surface area is 167 Å². The summed E-state index contributed by atoms with van der Waals surface area (Å²) in [7, 11) is 0. The number of thioether (sulfide) groups is 1. The Hall–Kier alpha value is -2.08. The first-order valence-corrected chi connectivity index (χ1v) is 10.4. The van der Waals surface area contributed by atoms with Gasteiger partial charge in [-0.3, -0.25) is 4.79 Å². The van der Waals surface area contributed by atoms with E-state index in [0.29, 0.717) is 15.6 Å². The Kier molecular flexibility index (Phi) is 5.21. The lowest BCUT2D eigenvalue weighted by Crippen LogP contribution is -2.54. The van der Waals surface area contributed by atoms with Crippen molar-refractivity contribution in [2.24, 2.45) is 0 Å². The number of hydrogen-bond donors (Lipinski definition) is 2. The van der Waals surface area contributed by atoms with Crippen molar-refractivity contribution in [2.45, 2.75) is 50.2 Å². The van der Waals surface area contributed by atoms with Crippen LogP contribution in [0.5, 0.6) is 0 Å². The van der Waals surface area contributed by atoms with Crippen LogP contribution in [0.3, 0.4) is 0 Å². The first-order valence-electron chi connectivity index (χ1n) is 8.59. The molecule has 8 heteroatoms. The monoisotopic (exact) mass is 402 g/mol. The first-order chi connectivity index (χ1) is 12.6. The number of rotatable bonds is 4. The number of nitriles is 1. The van der Waals surface area contributed by atoms with Crippen LogP contribution in [-0.4, -0.2) is 17.2 Å². The lowest BCUT2D eigenvalue weighted by molar-refractivity contribution is -0.645. The van der Waals surface area contributed by atoms with Crippen molar-refractivity contribution in [1.29, 1.82) is 5.26 Å². The zero-order valence-corrected chi connectivity index (χ0v) is 17.4. The highest BCUT2D eigenvalue weighted by Crippen LogP contribution is 2.44. The van der Waals surface area contributed by atoms with Crippen LogP contribution in [-0.2, 0) is 16.8 Å². The summed E-state index contributed by atoms with van der Waals surface area (Å²) in [6.07, 6.45) is 2.13. The van der Waals surface area contributed by atoms with Gasteiger partial charge in [0.2, 0.25) is 5.91 Å². The molecule has 2 aromatic heterocycles. The second-order valence-electron chi connectivity index (χ2n) is 7.74. The van der Waals surface area contributed by atoms with Crippen molar-refractivity contribution < 1.29 is 9.52 Å². The SMILES string of the molecule is CC1(C)Cc2c(sc(NC(=O)CSc3cccc[n+]3[O-])c2C#N)C(C)(C)N1. The Morgan fingerprint density at radius 3 is 2.85 bits per heavy atom. The number of nitrogens with one attached hydrogen (secondary N) is 2. The average Bonchev–Trinajstić information content (AvgIpc) is 2.90. The molecule has 2 aromatic rings. The van der Waals surface area contributed by atoms with Gasteiger partial charge in [-0.05, 0) is 57.5 Å². The number of carbonyl (C=O) groups excluding carboxylic acids is 1. The van der Waals surface area contributed by atoms with Crippen LogP contribution in [0.2, 0.25) is 0 Å². The van der Waals surface area contributed by atoms with Gasteiger partial charge in [-0.25, -0.2) is 0 Å². The van der Waals surface area contributed by atoms with Crippen LogP contribution in [0.1, 0.15) is 43.7 Å². The first kappa shape index (κ1) is 19.7. The number of thiophene rings is 1. The third-order valence-corrected chi connectivity index (χ3v) is 6.84. The minimum Gasteiger partial charge on any atom is -0.618 e. The minimum absolute atomic E-state index is 0.104. The van der Waals surface area contributed by atoms with Gasteiger partial charge < -0.3 is 15.8 Å². The molecule has 0 bridgehead atoms. The summed E-state index contributed by atoms with van der Waals surface area (Å²) in [6, 6.07) is 7.35. The Bertz CT molecular complexity index is 928. The maximum absolute atomic E-state index is 12.4. The van der Waals surface area contributed by atoms with Gasteiger partial charge in [0, 0.05) is 28.1 Å². The number of hydrogen-bond acceptors (Lipinski definition) is 6. The predicted octanol–water partition coefficient (Wildman–Crippen LogP) is 3.14. The third-order valence-electron chi connectivity index (χ3n) is 4.35. The van der Waals surface area contributed by atoms with Crippen LogP contribution in [0.25, 0.3) is 0 Å². The van der Waals surface area contributed by atoms with Gasteiger partial charge in [0.15, 0.2) is 6.20 Å². The molecule has 0 fully saturated rings. The topological polar surface area (TPSA) is 91.9 Å². The quantitative estimate of drug-likeness (QED) is 0.466. The molecular weight excluding hydrogens is 380 g/mol. The molecule has 3 rings (SSSR count). The van der Waals surface area contributed by atoms with E-state index in [1.54, 1.807) is 18.2 Å². The molecule has 0 radical (unpaired) electrons. The van der Waals surface area contributed by atoms with E-state index in [4.69, 9.17) is 0 Å². The van der Waals surface area contributed by atoms with E-state index in [0.717, 1.165) is 21.6 Å². The van der Waals surface area contributed by atoms with Gasteiger partial charge in [0.25, 0.3) is 5.03 Å². The summed E-state index contributed by atoms with van der Waals surface area (Å²) in [4.78, 5) is 13.5. The summed E-state index contributed by atoms with van der Waals surface area (Å²) < 4.78 is 0.735. The molecule has 0 unspecified atom stereocenters. The van der Waals surface area contributed by atoms with E-state index in [1.807, 2.05) is 0 Å². The molecule has 0 saturated heterocycles. The van der Waals surface area contributed by atoms with E-state index in [9.17, 15) is 15.3 Å². The highest BCUT2D eigenvalue weighted by Gasteiger charge is 2.40. The van der Waals surface area contributed by atoms with Crippen molar-refractivity contribution in [3.8, 4) is 6.07 Å². The van der Waals surface area contributed by atoms with Crippen LogP contribution in [0, 0.1) is 16.5 Å². The molecular formula is C19H22N4O2S2. The van der Waals surface area contributed by atoms with Crippen LogP contribution in [0.4, 0.5) is 5.00 Å². The molecule has 6 nitrogen and oxygen atoms in total. The fraction of sp³-hybridized carbons (Fsp3) is 0.421. The molecule has 0 saturated carbocycles. The van der Waals surface area contributed by atoms with Gasteiger partial charge in [-0.1, -0.05) is 0 Å².